The number of nitrogens with zero attached hydrogens (tertiary/aromatic N) is 3. The minimum Gasteiger partial charge on any atom is -0.493 e. The predicted molar refractivity (Wildman–Crippen MR) is 134 cm³/mol. The average Bonchev–Trinajstić information content (AvgIpc) is 3.48. The van der Waals surface area contributed by atoms with Gasteiger partial charge in [0.25, 0.3) is 0 Å². The van der Waals surface area contributed by atoms with E-state index in [1.54, 1.807) is 12.0 Å². The van der Waals surface area contributed by atoms with Crippen molar-refractivity contribution in [1.29, 1.82) is 0 Å². The third kappa shape index (κ3) is 5.72. The number of carbonyl (C=O) groups excluding carboxylic acids is 1. The lowest BCUT2D eigenvalue weighted by Gasteiger charge is -2.18. The van der Waals surface area contributed by atoms with Crippen LogP contribution in [-0.4, -0.2) is 53.9 Å². The molecule has 1 atom stereocenters. The van der Waals surface area contributed by atoms with Crippen LogP contribution in [0.3, 0.4) is 0 Å². The second kappa shape index (κ2) is 11.3. The molecular weight excluding hydrogens is 462 g/mol. The third-order valence-corrected chi connectivity index (χ3v) is 5.77. The van der Waals surface area contributed by atoms with Crippen molar-refractivity contribution in [1.82, 2.24) is 15.0 Å². The summed E-state index contributed by atoms with van der Waals surface area (Å²) in [5.74, 6) is 3.40. The Morgan fingerprint density at radius 3 is 2.50 bits per heavy atom. The van der Waals surface area contributed by atoms with Crippen LogP contribution < -0.4 is 18.9 Å². The molecule has 1 aromatic heterocycles. The molecule has 2 aromatic carbocycles. The first-order valence-corrected chi connectivity index (χ1v) is 12.3. The minimum atomic E-state index is -0.168. The molecule has 0 bridgehead atoms. The van der Waals surface area contributed by atoms with Crippen molar-refractivity contribution in [3.8, 4) is 34.4 Å². The van der Waals surface area contributed by atoms with E-state index in [4.69, 9.17) is 23.5 Å². The molecule has 1 amide bonds. The van der Waals surface area contributed by atoms with E-state index in [9.17, 15) is 4.79 Å². The van der Waals surface area contributed by atoms with Crippen molar-refractivity contribution in [2.24, 2.45) is 0 Å². The van der Waals surface area contributed by atoms with Crippen LogP contribution in [-0.2, 0) is 11.3 Å². The molecule has 9 heteroatoms. The first kappa shape index (κ1) is 25.3. The Hall–Kier alpha value is -3.75. The predicted octanol–water partition coefficient (Wildman–Crippen LogP) is 4.85. The molecular formula is C27H33N3O6. The minimum absolute atomic E-state index is 0.0257. The second-order valence-corrected chi connectivity index (χ2v) is 8.81. The summed E-state index contributed by atoms with van der Waals surface area (Å²) in [5.41, 5.74) is 1.72. The van der Waals surface area contributed by atoms with Gasteiger partial charge in [-0.3, -0.25) is 4.79 Å². The van der Waals surface area contributed by atoms with E-state index < -0.39 is 0 Å². The Bertz CT molecular complexity index is 1190. The molecule has 9 nitrogen and oxygen atoms in total. The van der Waals surface area contributed by atoms with E-state index >= 15 is 0 Å². The number of hydrogen-bond acceptors (Lipinski definition) is 8. The molecule has 0 radical (unpaired) electrons. The lowest BCUT2D eigenvalue weighted by atomic mass is 10.1. The molecule has 1 unspecified atom stereocenters. The Morgan fingerprint density at radius 2 is 1.78 bits per heavy atom. The highest BCUT2D eigenvalue weighted by molar-refractivity contribution is 5.79. The first-order chi connectivity index (χ1) is 17.4. The van der Waals surface area contributed by atoms with Gasteiger partial charge in [-0.05, 0) is 63.6 Å². The van der Waals surface area contributed by atoms with Gasteiger partial charge in [0.1, 0.15) is 0 Å². The van der Waals surface area contributed by atoms with Crippen LogP contribution in [0.4, 0.5) is 0 Å². The van der Waals surface area contributed by atoms with Crippen molar-refractivity contribution in [2.75, 3.05) is 26.9 Å². The molecule has 1 aliphatic rings. The summed E-state index contributed by atoms with van der Waals surface area (Å²) in [6, 6.07) is 11.3. The van der Waals surface area contributed by atoms with Gasteiger partial charge in [0.15, 0.2) is 23.0 Å². The standard InChI is InChI=1S/C27H33N3O6/c1-6-33-21-10-8-18(12-24(21)34-7-2)15-30-16-20(14-25(30)31)27-28-26(29-36-27)19-9-11-22(35-17(3)4)23(13-19)32-5/h8-13,17,20H,6-7,14-16H2,1-5H3. The number of likely N-dealkylation sites (tertiary alicyclic amines) is 1. The summed E-state index contributed by atoms with van der Waals surface area (Å²) in [5, 5.41) is 4.15. The molecule has 0 spiro atoms. The number of amides is 1. The van der Waals surface area contributed by atoms with E-state index in [2.05, 4.69) is 10.1 Å². The topological polar surface area (TPSA) is 96.2 Å². The molecule has 192 valence electrons. The number of ether oxygens (including phenoxy) is 4. The van der Waals surface area contributed by atoms with Crippen LogP contribution in [0.2, 0.25) is 0 Å². The fourth-order valence-corrected chi connectivity index (χ4v) is 4.18. The lowest BCUT2D eigenvalue weighted by molar-refractivity contribution is -0.128. The average molecular weight is 496 g/mol. The van der Waals surface area contributed by atoms with Crippen LogP contribution in [0.5, 0.6) is 23.0 Å². The Balaban J connectivity index is 1.46. The number of methoxy groups -OCH3 is 1. The molecule has 1 saturated heterocycles. The highest BCUT2D eigenvalue weighted by atomic mass is 16.5. The zero-order valence-corrected chi connectivity index (χ0v) is 21.4. The fourth-order valence-electron chi connectivity index (χ4n) is 4.18. The van der Waals surface area contributed by atoms with Crippen molar-refractivity contribution < 1.29 is 28.3 Å². The zero-order chi connectivity index (χ0) is 25.7. The van der Waals surface area contributed by atoms with Crippen LogP contribution in [0.1, 0.15) is 51.5 Å². The van der Waals surface area contributed by atoms with Gasteiger partial charge < -0.3 is 28.4 Å². The number of hydrogen-bond donors (Lipinski definition) is 0. The summed E-state index contributed by atoms with van der Waals surface area (Å²) in [7, 11) is 1.59. The largest absolute Gasteiger partial charge is 0.493 e. The van der Waals surface area contributed by atoms with E-state index in [-0.39, 0.29) is 17.9 Å². The van der Waals surface area contributed by atoms with Crippen molar-refractivity contribution in [3.63, 3.8) is 0 Å². The Kier molecular flexibility index (Phi) is 7.97. The van der Waals surface area contributed by atoms with Gasteiger partial charge in [0.05, 0.1) is 32.3 Å². The molecule has 3 aromatic rings. The van der Waals surface area contributed by atoms with Gasteiger partial charge in [-0.15, -0.1) is 0 Å². The molecule has 0 aliphatic carbocycles. The Labute approximate surface area is 211 Å². The molecule has 1 fully saturated rings. The van der Waals surface area contributed by atoms with Crippen LogP contribution in [0.15, 0.2) is 40.9 Å². The summed E-state index contributed by atoms with van der Waals surface area (Å²) in [6.45, 7) is 9.84. The monoisotopic (exact) mass is 495 g/mol. The van der Waals surface area contributed by atoms with E-state index in [1.165, 1.54) is 0 Å². The maximum absolute atomic E-state index is 12.8. The second-order valence-electron chi connectivity index (χ2n) is 8.81. The van der Waals surface area contributed by atoms with Gasteiger partial charge in [-0.1, -0.05) is 11.2 Å². The van der Waals surface area contributed by atoms with Gasteiger partial charge in [0.2, 0.25) is 17.6 Å². The Morgan fingerprint density at radius 1 is 1.03 bits per heavy atom. The molecule has 0 N–H and O–H groups in total. The molecule has 0 saturated carbocycles. The van der Waals surface area contributed by atoms with Gasteiger partial charge >= 0.3 is 0 Å². The SMILES string of the molecule is CCOc1ccc(CN2CC(c3nc(-c4ccc(OC(C)C)c(OC)c4)no3)CC2=O)cc1OCC. The fraction of sp³-hybridized carbons (Fsp3) is 0.444. The summed E-state index contributed by atoms with van der Waals surface area (Å²) in [4.78, 5) is 19.2. The smallest absolute Gasteiger partial charge is 0.232 e. The van der Waals surface area contributed by atoms with Crippen molar-refractivity contribution in [3.05, 3.63) is 47.9 Å². The van der Waals surface area contributed by atoms with Crippen molar-refractivity contribution in [2.45, 2.75) is 52.7 Å². The third-order valence-electron chi connectivity index (χ3n) is 5.77. The van der Waals surface area contributed by atoms with E-state index in [0.29, 0.717) is 67.4 Å². The quantitative estimate of drug-likeness (QED) is 0.373. The zero-order valence-electron chi connectivity index (χ0n) is 21.4. The number of benzene rings is 2. The lowest BCUT2D eigenvalue weighted by Crippen LogP contribution is -2.24. The number of aromatic nitrogens is 2. The maximum atomic E-state index is 12.8. The summed E-state index contributed by atoms with van der Waals surface area (Å²) >= 11 is 0. The normalized spacial score (nSPS) is 15.4. The van der Waals surface area contributed by atoms with Crippen molar-refractivity contribution >= 4 is 5.91 Å². The summed E-state index contributed by atoms with van der Waals surface area (Å²) in [6.07, 6.45) is 0.347. The molecule has 36 heavy (non-hydrogen) atoms. The summed E-state index contributed by atoms with van der Waals surface area (Å²) < 4.78 is 28.2. The highest BCUT2D eigenvalue weighted by Crippen LogP contribution is 2.35. The van der Waals surface area contributed by atoms with Crippen LogP contribution in [0, 0.1) is 0 Å². The van der Waals surface area contributed by atoms with E-state index in [1.807, 2.05) is 64.1 Å². The maximum Gasteiger partial charge on any atom is 0.232 e. The first-order valence-electron chi connectivity index (χ1n) is 12.3. The van der Waals surface area contributed by atoms with Gasteiger partial charge in [-0.2, -0.15) is 4.98 Å². The van der Waals surface area contributed by atoms with Crippen LogP contribution >= 0.6 is 0 Å². The number of rotatable bonds is 11. The van der Waals surface area contributed by atoms with Crippen LogP contribution in [0.25, 0.3) is 11.4 Å². The van der Waals surface area contributed by atoms with E-state index in [0.717, 1.165) is 11.1 Å². The number of carbonyl (C=O) groups is 1. The molecule has 2 heterocycles. The van der Waals surface area contributed by atoms with Gasteiger partial charge in [-0.25, -0.2) is 0 Å². The highest BCUT2D eigenvalue weighted by Gasteiger charge is 2.34. The molecule has 4 rings (SSSR count). The molecule has 1 aliphatic heterocycles. The van der Waals surface area contributed by atoms with Gasteiger partial charge in [0, 0.05) is 25.1 Å².